The molecule has 0 radical (unpaired) electrons. The normalized spacial score (nSPS) is 19.1. The molecule has 1 unspecified atom stereocenters. The van der Waals surface area contributed by atoms with Crippen LogP contribution in [0.5, 0.6) is 0 Å². The maximum absolute atomic E-state index is 10.4. The number of fused-ring (bicyclic) bond motifs is 1. The van der Waals surface area contributed by atoms with Crippen LogP contribution in [0.2, 0.25) is 0 Å². The van der Waals surface area contributed by atoms with Crippen molar-refractivity contribution in [3.8, 4) is 0 Å². The Bertz CT molecular complexity index is 536. The molecule has 2 aromatic rings. The second kappa shape index (κ2) is 6.63. The Morgan fingerprint density at radius 1 is 1.29 bits per heavy atom. The van der Waals surface area contributed by atoms with E-state index in [1.807, 2.05) is 30.3 Å². The van der Waals surface area contributed by atoms with Gasteiger partial charge in [0.25, 0.3) is 0 Å². The van der Waals surface area contributed by atoms with Gasteiger partial charge in [-0.15, -0.1) is 0 Å². The van der Waals surface area contributed by atoms with Crippen LogP contribution in [0.3, 0.4) is 0 Å². The number of nitrogens with zero attached hydrogens (tertiary/aromatic N) is 1. The second-order valence-electron chi connectivity index (χ2n) is 6.24. The van der Waals surface area contributed by atoms with Crippen LogP contribution in [-0.2, 0) is 0 Å². The van der Waals surface area contributed by atoms with Crippen molar-refractivity contribution >= 4 is 11.0 Å². The van der Waals surface area contributed by atoms with Gasteiger partial charge >= 0.3 is 0 Å². The zero-order chi connectivity index (χ0) is 14.7. The highest BCUT2D eigenvalue weighted by atomic mass is 16.4. The van der Waals surface area contributed by atoms with Gasteiger partial charge in [-0.1, -0.05) is 38.0 Å². The molecular weight excluding hydrogens is 262 g/mol. The number of piperidine rings is 1. The Hall–Kier alpha value is -1.32. The minimum Gasteiger partial charge on any atom is -0.458 e. The van der Waals surface area contributed by atoms with Crippen molar-refractivity contribution in [1.82, 2.24) is 4.90 Å². The number of furan rings is 1. The minimum atomic E-state index is -0.528. The smallest absolute Gasteiger partial charge is 0.135 e. The van der Waals surface area contributed by atoms with Gasteiger partial charge in [0.15, 0.2) is 0 Å². The number of aliphatic hydroxyl groups excluding tert-OH is 1. The molecule has 1 aromatic carbocycles. The molecule has 0 bridgehead atoms. The summed E-state index contributed by atoms with van der Waals surface area (Å²) in [6.07, 6.45) is 4.63. The van der Waals surface area contributed by atoms with Gasteiger partial charge in [-0.2, -0.15) is 0 Å². The molecule has 1 saturated heterocycles. The first-order chi connectivity index (χ1) is 10.3. The fourth-order valence-corrected chi connectivity index (χ4v) is 3.37. The van der Waals surface area contributed by atoms with Gasteiger partial charge in [0.1, 0.15) is 17.4 Å². The van der Waals surface area contributed by atoms with Crippen LogP contribution in [0.25, 0.3) is 11.0 Å². The van der Waals surface area contributed by atoms with Crippen LogP contribution in [0.4, 0.5) is 0 Å². The third-order valence-corrected chi connectivity index (χ3v) is 4.61. The third-order valence-electron chi connectivity index (χ3n) is 4.61. The highest BCUT2D eigenvalue weighted by molar-refractivity contribution is 5.77. The van der Waals surface area contributed by atoms with Crippen molar-refractivity contribution < 1.29 is 9.52 Å². The van der Waals surface area contributed by atoms with Gasteiger partial charge in [-0.25, -0.2) is 0 Å². The van der Waals surface area contributed by atoms with E-state index in [2.05, 4.69) is 11.8 Å². The summed E-state index contributed by atoms with van der Waals surface area (Å²) in [5.74, 6) is 1.57. The van der Waals surface area contributed by atoms with Gasteiger partial charge in [0.2, 0.25) is 0 Å². The average Bonchev–Trinajstić information content (AvgIpc) is 2.94. The monoisotopic (exact) mass is 287 g/mol. The molecule has 0 saturated carbocycles. The van der Waals surface area contributed by atoms with Crippen LogP contribution in [0, 0.1) is 5.92 Å². The van der Waals surface area contributed by atoms with Gasteiger partial charge in [0, 0.05) is 11.9 Å². The molecule has 1 aliphatic rings. The number of aliphatic hydroxyl groups is 1. The lowest BCUT2D eigenvalue weighted by atomic mass is 9.92. The molecule has 2 heterocycles. The summed E-state index contributed by atoms with van der Waals surface area (Å²) in [6.45, 7) is 5.14. The van der Waals surface area contributed by atoms with Crippen LogP contribution in [0.15, 0.2) is 34.7 Å². The second-order valence-corrected chi connectivity index (χ2v) is 6.24. The third kappa shape index (κ3) is 3.47. The van der Waals surface area contributed by atoms with E-state index < -0.39 is 6.10 Å². The molecule has 0 spiro atoms. The molecule has 1 aromatic heterocycles. The maximum atomic E-state index is 10.4. The Balaban J connectivity index is 1.58. The van der Waals surface area contributed by atoms with Gasteiger partial charge in [0.05, 0.1) is 0 Å². The summed E-state index contributed by atoms with van der Waals surface area (Å²) in [7, 11) is 0. The molecule has 1 N–H and O–H groups in total. The number of β-amino-alcohol motifs (C(OH)–C–C–N with tert-alkyl or cyclic N) is 1. The molecule has 3 nitrogen and oxygen atoms in total. The topological polar surface area (TPSA) is 36.6 Å². The summed E-state index contributed by atoms with van der Waals surface area (Å²) < 4.78 is 5.75. The van der Waals surface area contributed by atoms with Gasteiger partial charge < -0.3 is 14.4 Å². The van der Waals surface area contributed by atoms with Crippen molar-refractivity contribution in [3.05, 3.63) is 36.1 Å². The Morgan fingerprint density at radius 3 is 2.76 bits per heavy atom. The fraction of sp³-hybridized carbons (Fsp3) is 0.556. The molecule has 0 amide bonds. The molecular formula is C18H25NO2. The van der Waals surface area contributed by atoms with Crippen LogP contribution >= 0.6 is 0 Å². The van der Waals surface area contributed by atoms with E-state index in [-0.39, 0.29) is 0 Å². The molecule has 3 heteroatoms. The van der Waals surface area contributed by atoms with Crippen molar-refractivity contribution in [1.29, 1.82) is 0 Å². The number of benzene rings is 1. The molecule has 21 heavy (non-hydrogen) atoms. The lowest BCUT2D eigenvalue weighted by Gasteiger charge is -2.32. The van der Waals surface area contributed by atoms with E-state index in [0.29, 0.717) is 12.3 Å². The summed E-state index contributed by atoms with van der Waals surface area (Å²) in [5.41, 5.74) is 0.855. The SMILES string of the molecule is CCCC1CCN(CC(O)c2cc3ccccc3o2)CC1. The summed E-state index contributed by atoms with van der Waals surface area (Å²) >= 11 is 0. The van der Waals surface area contributed by atoms with E-state index in [1.165, 1.54) is 25.7 Å². The lowest BCUT2D eigenvalue weighted by Crippen LogP contribution is -2.36. The van der Waals surface area contributed by atoms with E-state index >= 15 is 0 Å². The predicted molar refractivity (Wildman–Crippen MR) is 85.2 cm³/mol. The van der Waals surface area contributed by atoms with E-state index in [1.54, 1.807) is 0 Å². The highest BCUT2D eigenvalue weighted by Crippen LogP contribution is 2.26. The van der Waals surface area contributed by atoms with Crippen molar-refractivity contribution in [2.45, 2.75) is 38.7 Å². The standard InChI is InChI=1S/C18H25NO2/c1-2-5-14-8-10-19(11-9-14)13-16(20)18-12-15-6-3-4-7-17(15)21-18/h3-4,6-7,12,14,16,20H,2,5,8-11,13H2,1H3. The zero-order valence-corrected chi connectivity index (χ0v) is 12.8. The quantitative estimate of drug-likeness (QED) is 0.903. The number of rotatable bonds is 5. The van der Waals surface area contributed by atoms with Crippen LogP contribution in [0.1, 0.15) is 44.5 Å². The van der Waals surface area contributed by atoms with Crippen molar-refractivity contribution in [3.63, 3.8) is 0 Å². The number of hydrogen-bond donors (Lipinski definition) is 1. The number of likely N-dealkylation sites (tertiary alicyclic amines) is 1. The Labute approximate surface area is 126 Å². The average molecular weight is 287 g/mol. The van der Waals surface area contributed by atoms with Crippen LogP contribution in [-0.4, -0.2) is 29.6 Å². The molecule has 3 rings (SSSR count). The zero-order valence-electron chi connectivity index (χ0n) is 12.8. The molecule has 1 atom stereocenters. The first kappa shape index (κ1) is 14.6. The molecule has 0 aliphatic carbocycles. The largest absolute Gasteiger partial charge is 0.458 e. The van der Waals surface area contributed by atoms with Crippen molar-refractivity contribution in [2.24, 2.45) is 5.92 Å². The summed E-state index contributed by atoms with van der Waals surface area (Å²) in [4.78, 5) is 2.37. The van der Waals surface area contributed by atoms with E-state index in [9.17, 15) is 5.11 Å². The fourth-order valence-electron chi connectivity index (χ4n) is 3.37. The molecule has 1 fully saturated rings. The lowest BCUT2D eigenvalue weighted by molar-refractivity contribution is 0.0752. The van der Waals surface area contributed by atoms with E-state index in [0.717, 1.165) is 30.0 Å². The van der Waals surface area contributed by atoms with Gasteiger partial charge in [-0.05, 0) is 44.0 Å². The number of para-hydroxylation sites is 1. The Kier molecular flexibility index (Phi) is 4.61. The van der Waals surface area contributed by atoms with Gasteiger partial charge in [-0.3, -0.25) is 0 Å². The maximum Gasteiger partial charge on any atom is 0.135 e. The van der Waals surface area contributed by atoms with Crippen LogP contribution < -0.4 is 0 Å². The first-order valence-electron chi connectivity index (χ1n) is 8.15. The Morgan fingerprint density at radius 2 is 2.05 bits per heavy atom. The highest BCUT2D eigenvalue weighted by Gasteiger charge is 2.22. The first-order valence-corrected chi connectivity index (χ1v) is 8.15. The summed E-state index contributed by atoms with van der Waals surface area (Å²) in [6, 6.07) is 9.88. The van der Waals surface area contributed by atoms with E-state index in [4.69, 9.17) is 4.42 Å². The molecule has 114 valence electrons. The summed E-state index contributed by atoms with van der Waals surface area (Å²) in [5, 5.41) is 11.5. The molecule has 1 aliphatic heterocycles. The minimum absolute atomic E-state index is 0.528. The van der Waals surface area contributed by atoms with Crippen molar-refractivity contribution in [2.75, 3.05) is 19.6 Å². The predicted octanol–water partition coefficient (Wildman–Crippen LogP) is 3.98. The number of hydrogen-bond acceptors (Lipinski definition) is 3.